The van der Waals surface area contributed by atoms with Crippen LogP contribution in [-0.4, -0.2) is 21.2 Å². The largest absolute Gasteiger partial charge is 1.00 e. The molecular formula is C3H3N4NaO2. The van der Waals surface area contributed by atoms with Crippen LogP contribution in [0.4, 0.5) is 5.95 Å². The zero-order valence-electron chi connectivity index (χ0n) is 5.29. The van der Waals surface area contributed by atoms with Crippen LogP contribution in [-0.2, 0) is 0 Å². The van der Waals surface area contributed by atoms with Crippen molar-refractivity contribution in [2.45, 2.75) is 0 Å². The van der Waals surface area contributed by atoms with E-state index in [1.165, 1.54) is 0 Å². The van der Waals surface area contributed by atoms with E-state index < -0.39 is 5.97 Å². The Kier molecular flexibility index (Phi) is 3.34. The number of carbonyl (C=O) groups is 1. The number of nitrogens with one attached hydrogen (secondary N) is 1. The topological polar surface area (TPSA) is 108 Å². The zero-order chi connectivity index (χ0) is 6.85. The third kappa shape index (κ3) is 1.98. The summed E-state index contributed by atoms with van der Waals surface area (Å²) in [5.41, 5.74) is 4.97. The van der Waals surface area contributed by atoms with Crippen molar-refractivity contribution in [1.29, 1.82) is 0 Å². The van der Waals surface area contributed by atoms with Crippen LogP contribution in [0.25, 0.3) is 0 Å². The fraction of sp³-hybridized carbons (Fsp3) is 0. The molecule has 0 radical (unpaired) electrons. The van der Waals surface area contributed by atoms with Gasteiger partial charge in [0, 0.05) is 0 Å². The summed E-state index contributed by atoms with van der Waals surface area (Å²) in [5, 5.41) is 15.2. The molecule has 6 nitrogen and oxygen atoms in total. The maximum absolute atomic E-state index is 9.91. The molecule has 0 unspecified atom stereocenters. The molecule has 1 aromatic rings. The Morgan fingerprint density at radius 3 is 2.50 bits per heavy atom. The van der Waals surface area contributed by atoms with Gasteiger partial charge >= 0.3 is 29.6 Å². The van der Waals surface area contributed by atoms with E-state index in [2.05, 4.69) is 15.2 Å². The fourth-order valence-corrected chi connectivity index (χ4v) is 0.366. The number of aromatic carboxylic acids is 1. The first-order valence-corrected chi connectivity index (χ1v) is 2.09. The number of hydrogen-bond donors (Lipinski definition) is 2. The van der Waals surface area contributed by atoms with Gasteiger partial charge in [-0.2, -0.15) is 4.98 Å². The Bertz CT molecular complexity index is 234. The first-order valence-electron chi connectivity index (χ1n) is 2.09. The second kappa shape index (κ2) is 3.55. The summed E-state index contributed by atoms with van der Waals surface area (Å²) in [6.07, 6.45) is 0. The van der Waals surface area contributed by atoms with Crippen LogP contribution in [0.15, 0.2) is 0 Å². The van der Waals surface area contributed by atoms with Gasteiger partial charge in [0.1, 0.15) is 5.97 Å². The number of aromatic amines is 1. The number of carboxylic acid groups (broad SMARTS) is 1. The molecule has 3 N–H and O–H groups in total. The summed E-state index contributed by atoms with van der Waals surface area (Å²) in [7, 11) is 0. The van der Waals surface area contributed by atoms with E-state index in [1.54, 1.807) is 0 Å². The average Bonchev–Trinajstić information content (AvgIpc) is 2.14. The van der Waals surface area contributed by atoms with Gasteiger partial charge in [-0.25, -0.2) is 0 Å². The molecule has 0 aliphatic rings. The number of carbonyl (C=O) groups excluding carboxylic acids is 1. The zero-order valence-corrected chi connectivity index (χ0v) is 7.29. The van der Waals surface area contributed by atoms with Crippen molar-refractivity contribution in [2.24, 2.45) is 0 Å². The van der Waals surface area contributed by atoms with Crippen molar-refractivity contribution in [3.63, 3.8) is 0 Å². The minimum Gasteiger partial charge on any atom is -0.542 e. The van der Waals surface area contributed by atoms with E-state index in [1.807, 2.05) is 0 Å². The third-order valence-electron chi connectivity index (χ3n) is 0.696. The molecule has 0 amide bonds. The van der Waals surface area contributed by atoms with Crippen molar-refractivity contribution in [1.82, 2.24) is 15.2 Å². The molecule has 0 spiro atoms. The normalized spacial score (nSPS) is 8.40. The van der Waals surface area contributed by atoms with Crippen LogP contribution < -0.4 is 40.4 Å². The van der Waals surface area contributed by atoms with E-state index >= 15 is 0 Å². The van der Waals surface area contributed by atoms with E-state index in [-0.39, 0.29) is 41.3 Å². The van der Waals surface area contributed by atoms with Crippen molar-refractivity contribution >= 4 is 11.9 Å². The number of nitrogens with zero attached hydrogens (tertiary/aromatic N) is 2. The molecule has 10 heavy (non-hydrogen) atoms. The van der Waals surface area contributed by atoms with Crippen LogP contribution in [0.1, 0.15) is 10.6 Å². The van der Waals surface area contributed by atoms with Gasteiger partial charge in [-0.05, 0) is 0 Å². The minimum atomic E-state index is -1.42. The SMILES string of the molecule is Nc1n[nH]c(C(=O)[O-])n1.[Na+]. The molecule has 1 heterocycles. The van der Waals surface area contributed by atoms with Crippen molar-refractivity contribution < 1.29 is 39.5 Å². The standard InChI is InChI=1S/C3H4N4O2.Na/c4-3-5-1(2(8)9)6-7-3;/h(H,8,9)(H3,4,5,6,7);/q;+1/p-1. The second-order valence-corrected chi connectivity index (χ2v) is 1.33. The summed E-state index contributed by atoms with van der Waals surface area (Å²) in [5.74, 6) is -1.87. The Morgan fingerprint density at radius 1 is 1.70 bits per heavy atom. The van der Waals surface area contributed by atoms with E-state index in [0.717, 1.165) is 0 Å². The molecule has 0 fully saturated rings. The first-order chi connectivity index (χ1) is 4.20. The molecule has 0 aliphatic carbocycles. The summed E-state index contributed by atoms with van der Waals surface area (Å²) in [6.45, 7) is 0. The number of rotatable bonds is 1. The van der Waals surface area contributed by atoms with Gasteiger partial charge < -0.3 is 15.6 Å². The molecule has 0 aromatic carbocycles. The summed E-state index contributed by atoms with van der Waals surface area (Å²) < 4.78 is 0. The van der Waals surface area contributed by atoms with E-state index in [9.17, 15) is 9.90 Å². The van der Waals surface area contributed by atoms with Crippen molar-refractivity contribution in [3.8, 4) is 0 Å². The monoisotopic (exact) mass is 150 g/mol. The third-order valence-corrected chi connectivity index (χ3v) is 0.696. The van der Waals surface area contributed by atoms with Gasteiger partial charge in [-0.15, -0.1) is 5.10 Å². The van der Waals surface area contributed by atoms with E-state index in [0.29, 0.717) is 0 Å². The second-order valence-electron chi connectivity index (χ2n) is 1.33. The molecule has 48 valence electrons. The number of nitrogen functional groups attached to an aromatic ring is 1. The summed E-state index contributed by atoms with van der Waals surface area (Å²) >= 11 is 0. The Labute approximate surface area is 78.1 Å². The number of hydrogen-bond acceptors (Lipinski definition) is 5. The summed E-state index contributed by atoms with van der Waals surface area (Å²) in [4.78, 5) is 13.2. The number of aromatic nitrogens is 3. The van der Waals surface area contributed by atoms with Crippen LogP contribution in [0.3, 0.4) is 0 Å². The number of H-pyrrole nitrogens is 1. The van der Waals surface area contributed by atoms with Crippen LogP contribution >= 0.6 is 0 Å². The van der Waals surface area contributed by atoms with Crippen LogP contribution in [0.2, 0.25) is 0 Å². The maximum atomic E-state index is 9.91. The summed E-state index contributed by atoms with van der Waals surface area (Å²) in [6, 6.07) is 0. The van der Waals surface area contributed by atoms with Gasteiger partial charge in [0.2, 0.25) is 5.95 Å². The van der Waals surface area contributed by atoms with Gasteiger partial charge in [0.25, 0.3) is 0 Å². The maximum Gasteiger partial charge on any atom is 1.00 e. The first kappa shape index (κ1) is 9.41. The van der Waals surface area contributed by atoms with Crippen LogP contribution in [0, 0.1) is 0 Å². The van der Waals surface area contributed by atoms with Crippen LogP contribution in [0.5, 0.6) is 0 Å². The molecule has 1 rings (SSSR count). The molecular weight excluding hydrogens is 147 g/mol. The van der Waals surface area contributed by atoms with Crippen molar-refractivity contribution in [3.05, 3.63) is 5.82 Å². The number of carboxylic acids is 1. The van der Waals surface area contributed by atoms with Gasteiger partial charge in [0.05, 0.1) is 0 Å². The smallest absolute Gasteiger partial charge is 0.542 e. The molecule has 0 aliphatic heterocycles. The molecule has 1 aromatic heterocycles. The molecule has 0 bridgehead atoms. The molecule has 7 heteroatoms. The van der Waals surface area contributed by atoms with Gasteiger partial charge in [-0.1, -0.05) is 0 Å². The number of anilines is 1. The quantitative estimate of drug-likeness (QED) is 0.389. The van der Waals surface area contributed by atoms with Crippen molar-refractivity contribution in [2.75, 3.05) is 5.73 Å². The predicted molar refractivity (Wildman–Crippen MR) is 25.1 cm³/mol. The van der Waals surface area contributed by atoms with Gasteiger partial charge in [0.15, 0.2) is 5.82 Å². The Balaban J connectivity index is 0.000000810. The molecule has 0 saturated heterocycles. The fourth-order valence-electron chi connectivity index (χ4n) is 0.366. The minimum absolute atomic E-state index is 0. The Hall–Kier alpha value is -0.590. The Morgan fingerprint density at radius 2 is 2.30 bits per heavy atom. The van der Waals surface area contributed by atoms with E-state index in [4.69, 9.17) is 5.73 Å². The number of nitrogens with two attached hydrogens (primary N) is 1. The molecule has 0 saturated carbocycles. The predicted octanol–water partition coefficient (Wildman–Crippen LogP) is -5.25. The average molecular weight is 150 g/mol. The molecule has 0 atom stereocenters. The van der Waals surface area contributed by atoms with Gasteiger partial charge in [-0.3, -0.25) is 5.10 Å².